The van der Waals surface area contributed by atoms with Crippen LogP contribution in [-0.4, -0.2) is 87.7 Å². The second kappa shape index (κ2) is 24.0. The molecule has 5 aliphatic rings. The van der Waals surface area contributed by atoms with Crippen molar-refractivity contribution in [2.24, 2.45) is 11.8 Å². The van der Waals surface area contributed by atoms with E-state index >= 15 is 0 Å². The lowest BCUT2D eigenvalue weighted by atomic mass is 9.89. The number of aliphatic hydroxyl groups excluding tert-OH is 1. The summed E-state index contributed by atoms with van der Waals surface area (Å²) < 4.78 is 52.4. The number of ether oxygens (including phenoxy) is 8. The van der Waals surface area contributed by atoms with Gasteiger partial charge in [0.25, 0.3) is 0 Å². The summed E-state index contributed by atoms with van der Waals surface area (Å²) in [6, 6.07) is 2.20. The Labute approximate surface area is 344 Å². The summed E-state index contributed by atoms with van der Waals surface area (Å²) in [6.45, 7) is 3.34. The maximum atomic E-state index is 10.5. The molecule has 0 spiro atoms. The molecule has 4 aliphatic heterocycles. The summed E-state index contributed by atoms with van der Waals surface area (Å²) in [5.74, 6) is 0.329. The van der Waals surface area contributed by atoms with Crippen molar-refractivity contribution in [2.45, 2.75) is 172 Å². The topological polar surface area (TPSA) is 94.1 Å². The van der Waals surface area contributed by atoms with Crippen molar-refractivity contribution in [1.29, 1.82) is 0 Å². The Morgan fingerprint density at radius 1 is 0.778 bits per heavy atom. The van der Waals surface area contributed by atoms with Gasteiger partial charge >= 0.3 is 0 Å². The molecular weight excluding hydrogens is 840 g/mol. The van der Waals surface area contributed by atoms with Crippen LogP contribution in [0, 0.1) is 11.8 Å². The first kappa shape index (κ1) is 43.4. The summed E-state index contributed by atoms with van der Waals surface area (Å²) in [6.07, 6.45) is 26.5. The van der Waals surface area contributed by atoms with Crippen molar-refractivity contribution in [1.82, 2.24) is 0 Å². The molecule has 5 fully saturated rings. The summed E-state index contributed by atoms with van der Waals surface area (Å²) in [5, 5.41) is 10.5. The zero-order chi connectivity index (χ0) is 37.4. The van der Waals surface area contributed by atoms with Gasteiger partial charge in [0.05, 0.1) is 38.6 Å². The third kappa shape index (κ3) is 14.6. The van der Waals surface area contributed by atoms with Gasteiger partial charge in [0.1, 0.15) is 0 Å². The molecular formula is C42H64Br2O9S. The molecule has 12 heteroatoms. The maximum Gasteiger partial charge on any atom is 0.158 e. The van der Waals surface area contributed by atoms with Crippen molar-refractivity contribution in [3.8, 4) is 0 Å². The molecule has 1 aromatic heterocycles. The number of unbranched alkanes of at least 4 members (excludes halogenated alkanes) is 1. The number of aryl methyl sites for hydroxylation is 1. The fourth-order valence-corrected chi connectivity index (χ4v) is 11.2. The van der Waals surface area contributed by atoms with Crippen LogP contribution < -0.4 is 0 Å². The van der Waals surface area contributed by atoms with E-state index in [2.05, 4.69) is 62.2 Å². The van der Waals surface area contributed by atoms with Gasteiger partial charge in [-0.2, -0.15) is 0 Å². The number of allylic oxidation sites excluding steroid dienone is 2. The number of rotatable bonds is 20. The first-order valence-electron chi connectivity index (χ1n) is 21.0. The molecule has 54 heavy (non-hydrogen) atoms. The van der Waals surface area contributed by atoms with Crippen LogP contribution in [0.5, 0.6) is 0 Å². The van der Waals surface area contributed by atoms with Crippen LogP contribution in [0.3, 0.4) is 0 Å². The molecule has 6 rings (SSSR count). The van der Waals surface area contributed by atoms with Gasteiger partial charge in [0.2, 0.25) is 0 Å². The fraction of sp³-hybridized carbons (Fsp3) is 0.810. The van der Waals surface area contributed by atoms with Crippen LogP contribution in [0.2, 0.25) is 0 Å². The largest absolute Gasteiger partial charge is 0.391 e. The van der Waals surface area contributed by atoms with Gasteiger partial charge in [0, 0.05) is 38.8 Å². The molecule has 4 saturated heterocycles. The maximum absolute atomic E-state index is 10.5. The molecule has 1 aromatic rings. The molecule has 10 atom stereocenters. The Balaban J connectivity index is 1.13. The predicted octanol–water partition coefficient (Wildman–Crippen LogP) is 10.2. The summed E-state index contributed by atoms with van der Waals surface area (Å²) in [5.41, 5.74) is 1.29. The molecule has 5 heterocycles. The monoisotopic (exact) mass is 902 g/mol. The lowest BCUT2D eigenvalue weighted by molar-refractivity contribution is -0.203. The van der Waals surface area contributed by atoms with E-state index in [4.69, 9.17) is 37.9 Å². The van der Waals surface area contributed by atoms with Gasteiger partial charge in [-0.3, -0.25) is 0 Å². The number of hydrogen-bond acceptors (Lipinski definition) is 10. The summed E-state index contributed by atoms with van der Waals surface area (Å²) in [7, 11) is 0. The highest BCUT2D eigenvalue weighted by Crippen LogP contribution is 2.42. The Morgan fingerprint density at radius 3 is 2.02 bits per heavy atom. The molecule has 1 aliphatic carbocycles. The smallest absolute Gasteiger partial charge is 0.158 e. The minimum absolute atomic E-state index is 0.00197. The molecule has 5 unspecified atom stereocenters. The van der Waals surface area contributed by atoms with Gasteiger partial charge in [-0.15, -0.1) is 11.3 Å². The van der Waals surface area contributed by atoms with Crippen LogP contribution >= 0.6 is 43.2 Å². The van der Waals surface area contributed by atoms with E-state index < -0.39 is 6.10 Å². The highest BCUT2D eigenvalue weighted by Gasteiger charge is 2.45. The van der Waals surface area contributed by atoms with Crippen LogP contribution in [-0.2, 0) is 44.3 Å². The van der Waals surface area contributed by atoms with Gasteiger partial charge in [-0.1, -0.05) is 24.3 Å². The minimum atomic E-state index is -0.474. The van der Waals surface area contributed by atoms with Crippen LogP contribution in [0.15, 0.2) is 37.9 Å². The van der Waals surface area contributed by atoms with E-state index in [1.54, 1.807) is 11.3 Å². The molecule has 0 amide bonds. The second-order valence-electron chi connectivity index (χ2n) is 15.6. The number of halogens is 2. The predicted molar refractivity (Wildman–Crippen MR) is 217 cm³/mol. The average molecular weight is 905 g/mol. The summed E-state index contributed by atoms with van der Waals surface area (Å²) in [4.78, 5) is 0. The quantitative estimate of drug-likeness (QED) is 0.101. The molecule has 306 valence electrons. The molecule has 0 aromatic carbocycles. The first-order chi connectivity index (χ1) is 26.5. The number of thiophene rings is 1. The van der Waals surface area contributed by atoms with E-state index in [0.29, 0.717) is 13.0 Å². The van der Waals surface area contributed by atoms with E-state index in [1.807, 2.05) is 0 Å². The van der Waals surface area contributed by atoms with Crippen molar-refractivity contribution in [3.05, 3.63) is 43.5 Å². The SMILES string of the molecule is OC(CCCC=CC[C@@H]1[C@@H](C=CC(CCc2cc(Br)sc2Br)O[C@H]2CCCCO2)[C@H](OC2CCCCO2)C[C@@H]1OC1CCCCO1)COC1CCCCO1. The lowest BCUT2D eigenvalue weighted by Gasteiger charge is -2.30. The fourth-order valence-electron chi connectivity index (χ4n) is 8.29. The zero-order valence-electron chi connectivity index (χ0n) is 32.0. The van der Waals surface area contributed by atoms with E-state index in [0.717, 1.165) is 150 Å². The van der Waals surface area contributed by atoms with Crippen LogP contribution in [0.25, 0.3) is 0 Å². The average Bonchev–Trinajstić information content (AvgIpc) is 3.70. The van der Waals surface area contributed by atoms with Crippen molar-refractivity contribution in [3.63, 3.8) is 0 Å². The highest BCUT2D eigenvalue weighted by molar-refractivity contribution is 9.12. The standard InChI is InChI=1S/C42H64Br2O9S/c43-37-27-30(42(44)54-37)19-20-32(51-39-16-6-10-24-47-39)21-22-34-33(14-4-2-1-3-13-31(45)29-50-38-15-5-9-23-46-38)35(52-40-17-7-11-25-48-40)28-36(34)53-41-18-8-12-26-49-41/h2,4,21-22,27,31-36,38-41,45H,1,3,5-20,23-26,28-29H2/t31?,32?,33-,34-,35+,36-,38?,39+,40?,41?/m1/s1. The van der Waals surface area contributed by atoms with Gasteiger partial charge in [-0.05, 0) is 165 Å². The van der Waals surface area contributed by atoms with Crippen molar-refractivity contribution in [2.75, 3.05) is 33.0 Å². The van der Waals surface area contributed by atoms with Crippen molar-refractivity contribution < 1.29 is 43.0 Å². The molecule has 1 saturated carbocycles. The van der Waals surface area contributed by atoms with Crippen LogP contribution in [0.1, 0.15) is 121 Å². The zero-order valence-corrected chi connectivity index (χ0v) is 36.0. The van der Waals surface area contributed by atoms with E-state index in [-0.39, 0.29) is 55.3 Å². The Hall–Kier alpha value is -0.220. The third-order valence-corrected chi connectivity index (χ3v) is 13.8. The highest BCUT2D eigenvalue weighted by atomic mass is 79.9. The molecule has 1 N–H and O–H groups in total. The van der Waals surface area contributed by atoms with Gasteiger partial charge < -0.3 is 43.0 Å². The Bertz CT molecular complexity index is 1240. The van der Waals surface area contributed by atoms with Crippen molar-refractivity contribution >= 4 is 43.2 Å². The number of aliphatic hydroxyl groups is 1. The third-order valence-electron chi connectivity index (χ3n) is 11.3. The van der Waals surface area contributed by atoms with Crippen LogP contribution in [0.4, 0.5) is 0 Å². The Kier molecular flexibility index (Phi) is 19.3. The molecule has 0 bridgehead atoms. The minimum Gasteiger partial charge on any atom is -0.391 e. The van der Waals surface area contributed by atoms with Gasteiger partial charge in [0.15, 0.2) is 25.2 Å². The molecule has 9 nitrogen and oxygen atoms in total. The Morgan fingerprint density at radius 2 is 1.41 bits per heavy atom. The van der Waals surface area contributed by atoms with Gasteiger partial charge in [-0.25, -0.2) is 0 Å². The summed E-state index contributed by atoms with van der Waals surface area (Å²) >= 11 is 9.12. The lowest BCUT2D eigenvalue weighted by Crippen LogP contribution is -2.31. The normalized spacial score (nSPS) is 32.4. The van der Waals surface area contributed by atoms with E-state index in [1.165, 1.54) is 5.56 Å². The van der Waals surface area contributed by atoms with E-state index in [9.17, 15) is 5.11 Å². The number of hydrogen-bond donors (Lipinski definition) is 1. The first-order valence-corrected chi connectivity index (χ1v) is 23.4. The molecule has 0 radical (unpaired) electrons. The second-order valence-corrected chi connectivity index (χ2v) is 19.3.